The number of hydrogen-bond acceptors (Lipinski definition) is 6. The van der Waals surface area contributed by atoms with Gasteiger partial charge in [-0.2, -0.15) is 0 Å². The van der Waals surface area contributed by atoms with Crippen LogP contribution < -0.4 is 9.47 Å². The van der Waals surface area contributed by atoms with Gasteiger partial charge in [0.1, 0.15) is 17.1 Å². The van der Waals surface area contributed by atoms with Gasteiger partial charge in [0.25, 0.3) is 0 Å². The Labute approximate surface area is 196 Å². The van der Waals surface area contributed by atoms with Gasteiger partial charge in [-0.15, -0.1) is 10.2 Å². The van der Waals surface area contributed by atoms with Gasteiger partial charge in [0, 0.05) is 29.4 Å². The van der Waals surface area contributed by atoms with Gasteiger partial charge in [-0.05, 0) is 55.0 Å². The Balaban J connectivity index is 1.53. The zero-order valence-corrected chi connectivity index (χ0v) is 19.4. The molecule has 33 heavy (non-hydrogen) atoms. The smallest absolute Gasteiger partial charge is 0.196 e. The number of benzene rings is 2. The van der Waals surface area contributed by atoms with Crippen molar-refractivity contribution < 1.29 is 9.47 Å². The summed E-state index contributed by atoms with van der Waals surface area (Å²) in [7, 11) is 3.32. The highest BCUT2D eigenvalue weighted by Gasteiger charge is 2.17. The molecule has 0 N–H and O–H groups in total. The number of imidazole rings is 1. The molecule has 166 valence electrons. The largest absolute Gasteiger partial charge is 0.497 e. The number of thioether (sulfide) groups is 1. The zero-order valence-electron chi connectivity index (χ0n) is 18.6. The van der Waals surface area contributed by atoms with Crippen LogP contribution in [0, 0.1) is 6.92 Å². The summed E-state index contributed by atoms with van der Waals surface area (Å²) in [4.78, 5) is 4.79. The maximum absolute atomic E-state index is 5.41. The first-order chi connectivity index (χ1) is 16.2. The molecule has 0 unspecified atom stereocenters. The Kier molecular flexibility index (Phi) is 5.75. The van der Waals surface area contributed by atoms with Gasteiger partial charge in [0.2, 0.25) is 0 Å². The first kappa shape index (κ1) is 21.1. The fourth-order valence-corrected chi connectivity index (χ4v) is 4.52. The minimum absolute atomic E-state index is 0.674. The predicted molar refractivity (Wildman–Crippen MR) is 129 cm³/mol. The Bertz CT molecular complexity index is 1410. The summed E-state index contributed by atoms with van der Waals surface area (Å²) in [5.41, 5.74) is 4.98. The van der Waals surface area contributed by atoms with E-state index in [-0.39, 0.29) is 0 Å². The summed E-state index contributed by atoms with van der Waals surface area (Å²) >= 11 is 1.60. The number of aromatic nitrogens is 5. The van der Waals surface area contributed by atoms with E-state index in [1.54, 1.807) is 26.0 Å². The number of rotatable bonds is 7. The van der Waals surface area contributed by atoms with Crippen molar-refractivity contribution in [1.29, 1.82) is 0 Å². The molecule has 0 aliphatic carbocycles. The quantitative estimate of drug-likeness (QED) is 0.313. The van der Waals surface area contributed by atoms with Crippen molar-refractivity contribution >= 4 is 17.4 Å². The van der Waals surface area contributed by atoms with Crippen molar-refractivity contribution in [2.75, 3.05) is 14.2 Å². The molecular formula is C25H23N5O2S. The molecule has 5 rings (SSSR count). The van der Waals surface area contributed by atoms with Gasteiger partial charge in [0.15, 0.2) is 11.0 Å². The van der Waals surface area contributed by atoms with Crippen molar-refractivity contribution in [2.24, 2.45) is 0 Å². The number of hydrogen-bond donors (Lipinski definition) is 0. The molecule has 5 aromatic rings. The maximum Gasteiger partial charge on any atom is 0.196 e. The maximum atomic E-state index is 5.41. The van der Waals surface area contributed by atoms with Crippen LogP contribution in [0.25, 0.3) is 22.7 Å². The number of nitrogens with zero attached hydrogens (tertiary/aromatic N) is 5. The van der Waals surface area contributed by atoms with Crippen LogP contribution in [0.15, 0.2) is 78.2 Å². The van der Waals surface area contributed by atoms with Gasteiger partial charge in [-0.25, -0.2) is 4.98 Å². The molecule has 3 aromatic heterocycles. The minimum atomic E-state index is 0.674. The molecule has 0 amide bonds. The lowest BCUT2D eigenvalue weighted by molar-refractivity contribution is 0.414. The summed E-state index contributed by atoms with van der Waals surface area (Å²) in [6.07, 6.45) is 4.08. The Morgan fingerprint density at radius 2 is 1.73 bits per heavy atom. The van der Waals surface area contributed by atoms with Gasteiger partial charge in [-0.1, -0.05) is 30.0 Å². The van der Waals surface area contributed by atoms with Crippen molar-refractivity contribution in [2.45, 2.75) is 17.8 Å². The minimum Gasteiger partial charge on any atom is -0.497 e. The van der Waals surface area contributed by atoms with E-state index in [4.69, 9.17) is 14.5 Å². The van der Waals surface area contributed by atoms with E-state index < -0.39 is 0 Å². The first-order valence-electron chi connectivity index (χ1n) is 10.5. The first-order valence-corrected chi connectivity index (χ1v) is 11.4. The summed E-state index contributed by atoms with van der Waals surface area (Å²) in [6.45, 7) is 2.07. The second kappa shape index (κ2) is 8.99. The molecule has 3 heterocycles. The van der Waals surface area contributed by atoms with E-state index in [1.807, 2.05) is 60.8 Å². The lowest BCUT2D eigenvalue weighted by Crippen LogP contribution is -2.00. The highest BCUT2D eigenvalue weighted by atomic mass is 32.2. The summed E-state index contributed by atoms with van der Waals surface area (Å²) in [5.74, 6) is 2.98. The Morgan fingerprint density at radius 3 is 2.48 bits per heavy atom. The van der Waals surface area contributed by atoms with E-state index in [2.05, 4.69) is 38.4 Å². The number of aryl methyl sites for hydroxylation is 1. The predicted octanol–water partition coefficient (Wildman–Crippen LogP) is 5.20. The third-order valence-electron chi connectivity index (χ3n) is 5.37. The molecular weight excluding hydrogens is 434 g/mol. The molecule has 8 heteroatoms. The highest BCUT2D eigenvalue weighted by Crippen LogP contribution is 2.31. The van der Waals surface area contributed by atoms with E-state index in [1.165, 1.54) is 0 Å². The second-order valence-electron chi connectivity index (χ2n) is 7.51. The molecule has 0 aliphatic heterocycles. The van der Waals surface area contributed by atoms with Crippen molar-refractivity contribution in [3.8, 4) is 28.6 Å². The lowest BCUT2D eigenvalue weighted by Gasteiger charge is -2.11. The van der Waals surface area contributed by atoms with Crippen LogP contribution in [0.1, 0.15) is 11.3 Å². The van der Waals surface area contributed by atoms with Crippen molar-refractivity contribution in [1.82, 2.24) is 24.1 Å². The number of pyridine rings is 1. The lowest BCUT2D eigenvalue weighted by atomic mass is 10.2. The third kappa shape index (κ3) is 4.17. The number of methoxy groups -OCH3 is 2. The fourth-order valence-electron chi connectivity index (χ4n) is 3.69. The van der Waals surface area contributed by atoms with Crippen molar-refractivity contribution in [3.05, 3.63) is 84.3 Å². The van der Waals surface area contributed by atoms with Gasteiger partial charge < -0.3 is 13.9 Å². The van der Waals surface area contributed by atoms with Gasteiger partial charge in [-0.3, -0.25) is 4.57 Å². The highest BCUT2D eigenvalue weighted by molar-refractivity contribution is 7.98. The molecule has 0 spiro atoms. The van der Waals surface area contributed by atoms with Crippen molar-refractivity contribution in [3.63, 3.8) is 0 Å². The van der Waals surface area contributed by atoms with Crippen LogP contribution in [-0.4, -0.2) is 38.4 Å². The standard InChI is InChI=1S/C25H23N5O2S/c1-17-6-5-13-29-15-19(26-23(17)29)16-33-25-28-27-24(18-7-4-8-22(14-18)32-3)30(25)20-9-11-21(31-2)12-10-20/h4-15H,16H2,1-3H3. The van der Waals surface area contributed by atoms with Crippen LogP contribution in [-0.2, 0) is 5.75 Å². The molecule has 0 fully saturated rings. The average Bonchev–Trinajstić information content (AvgIpc) is 3.48. The average molecular weight is 458 g/mol. The molecule has 7 nitrogen and oxygen atoms in total. The zero-order chi connectivity index (χ0) is 22.8. The topological polar surface area (TPSA) is 66.5 Å². The molecule has 0 atom stereocenters. The number of ether oxygens (including phenoxy) is 2. The molecule has 2 aromatic carbocycles. The summed E-state index contributed by atoms with van der Waals surface area (Å²) < 4.78 is 14.9. The summed E-state index contributed by atoms with van der Waals surface area (Å²) in [5, 5.41) is 9.84. The molecule has 0 saturated carbocycles. The van der Waals surface area contributed by atoms with Crippen LogP contribution in [0.2, 0.25) is 0 Å². The normalized spacial score (nSPS) is 11.1. The van der Waals surface area contributed by atoms with Gasteiger partial charge in [0.05, 0.1) is 19.9 Å². The summed E-state index contributed by atoms with van der Waals surface area (Å²) in [6, 6.07) is 19.8. The Hall–Kier alpha value is -3.78. The van der Waals surface area contributed by atoms with E-state index in [0.29, 0.717) is 5.75 Å². The second-order valence-corrected chi connectivity index (χ2v) is 8.46. The van der Waals surface area contributed by atoms with Crippen LogP contribution in [0.5, 0.6) is 11.5 Å². The van der Waals surface area contributed by atoms with Crippen LogP contribution >= 0.6 is 11.8 Å². The Morgan fingerprint density at radius 1 is 0.909 bits per heavy atom. The van der Waals surface area contributed by atoms with Crippen LogP contribution in [0.3, 0.4) is 0 Å². The SMILES string of the molecule is COc1ccc(-n2c(SCc3cn4cccc(C)c4n3)nnc2-c2cccc(OC)c2)cc1. The van der Waals surface area contributed by atoms with E-state index in [9.17, 15) is 0 Å². The third-order valence-corrected chi connectivity index (χ3v) is 6.33. The van der Waals surface area contributed by atoms with E-state index >= 15 is 0 Å². The van der Waals surface area contributed by atoms with Crippen LogP contribution in [0.4, 0.5) is 0 Å². The van der Waals surface area contributed by atoms with Gasteiger partial charge >= 0.3 is 0 Å². The molecule has 0 saturated heterocycles. The monoisotopic (exact) mass is 457 g/mol. The molecule has 0 bridgehead atoms. The molecule has 0 aliphatic rings. The fraction of sp³-hybridized carbons (Fsp3) is 0.160. The van der Waals surface area contributed by atoms with E-state index in [0.717, 1.165) is 50.6 Å². The number of fused-ring (bicyclic) bond motifs is 1. The molecule has 0 radical (unpaired) electrons.